The zero-order chi connectivity index (χ0) is 41.6. The Labute approximate surface area is 355 Å². The summed E-state index contributed by atoms with van der Waals surface area (Å²) < 4.78 is 2.66. The topological polar surface area (TPSA) is 0 Å². The number of hydrogen-bond acceptors (Lipinski definition) is 1. The molecule has 0 aliphatic rings. The van der Waals surface area contributed by atoms with E-state index < -0.39 is 0 Å². The van der Waals surface area contributed by atoms with Crippen molar-refractivity contribution >= 4 is 53.1 Å². The number of thiophene rings is 1. The van der Waals surface area contributed by atoms with Crippen molar-refractivity contribution in [2.24, 2.45) is 0 Å². The van der Waals surface area contributed by atoms with Crippen LogP contribution in [0.3, 0.4) is 0 Å². The molecule has 0 N–H and O–H groups in total. The summed E-state index contributed by atoms with van der Waals surface area (Å²) >= 11 is 1.89. The van der Waals surface area contributed by atoms with Gasteiger partial charge in [0, 0.05) is 20.2 Å². The minimum Gasteiger partial charge on any atom is -0.135 e. The van der Waals surface area contributed by atoms with Gasteiger partial charge in [0.15, 0.2) is 0 Å². The molecule has 0 fully saturated rings. The van der Waals surface area contributed by atoms with Gasteiger partial charge in [-0.15, -0.1) is 11.3 Å². The highest BCUT2D eigenvalue weighted by Gasteiger charge is 2.22. The smallest absolute Gasteiger partial charge is 0.0355 e. The standard InChI is InChI=1S/C58H56S/c1-35-49-24-18-42(43-20-26-55-53(33-43)52-32-40(19-25-54(52)59-55)37-15-21-45(22-16-37)56(3,4)5)31-51(49)36(2)48-23-17-41(30-50(35)48)38-13-12-14-39(27-38)44-28-46(57(6,7)8)34-47(29-44)58(9,10)11/h12-34H,1-11H3. The fourth-order valence-electron chi connectivity index (χ4n) is 8.85. The molecular weight excluding hydrogens is 729 g/mol. The second kappa shape index (κ2) is 14.1. The van der Waals surface area contributed by atoms with Gasteiger partial charge in [0.05, 0.1) is 0 Å². The number of fused-ring (bicyclic) bond motifs is 5. The van der Waals surface area contributed by atoms with Crippen LogP contribution in [-0.2, 0) is 16.2 Å². The Hall–Kier alpha value is -5.50. The molecule has 9 aromatic rings. The maximum Gasteiger partial charge on any atom is 0.0355 e. The SMILES string of the molecule is Cc1c2ccc(-c3ccc4sc5ccc(-c6ccc(C(C)(C)C)cc6)cc5c4c3)cc2c(C)c2ccc(-c3cccc(-c4cc(C(C)(C)C)cc(C(C)(C)C)c4)c3)cc12. The van der Waals surface area contributed by atoms with Crippen LogP contribution in [0.4, 0.5) is 0 Å². The molecule has 0 nitrogen and oxygen atoms in total. The van der Waals surface area contributed by atoms with Crippen LogP contribution in [0.15, 0.2) is 140 Å². The quantitative estimate of drug-likeness (QED) is 0.156. The van der Waals surface area contributed by atoms with E-state index in [-0.39, 0.29) is 16.2 Å². The van der Waals surface area contributed by atoms with Gasteiger partial charge in [0.25, 0.3) is 0 Å². The minimum atomic E-state index is 0.0714. The molecule has 9 rings (SSSR count). The van der Waals surface area contributed by atoms with E-state index in [0.29, 0.717) is 0 Å². The molecule has 1 heteroatoms. The van der Waals surface area contributed by atoms with Gasteiger partial charge in [-0.2, -0.15) is 0 Å². The highest BCUT2D eigenvalue weighted by Crippen LogP contribution is 2.42. The number of hydrogen-bond donors (Lipinski definition) is 0. The van der Waals surface area contributed by atoms with Gasteiger partial charge in [-0.25, -0.2) is 0 Å². The maximum atomic E-state index is 2.42. The summed E-state index contributed by atoms with van der Waals surface area (Å²) in [5, 5.41) is 7.95. The van der Waals surface area contributed by atoms with Crippen LogP contribution in [0.1, 0.15) is 90.1 Å². The summed E-state index contributed by atoms with van der Waals surface area (Å²) in [6, 6.07) is 53.6. The summed E-state index contributed by atoms with van der Waals surface area (Å²) in [5.74, 6) is 0. The van der Waals surface area contributed by atoms with E-state index in [1.165, 1.54) is 114 Å². The fraction of sp³-hybridized carbons (Fsp3) is 0.241. The molecule has 8 aromatic carbocycles. The summed E-state index contributed by atoms with van der Waals surface area (Å²) in [7, 11) is 0. The molecule has 0 aliphatic carbocycles. The van der Waals surface area contributed by atoms with E-state index in [1.807, 2.05) is 11.3 Å². The van der Waals surface area contributed by atoms with E-state index in [4.69, 9.17) is 0 Å². The lowest BCUT2D eigenvalue weighted by Gasteiger charge is -2.26. The second-order valence-electron chi connectivity index (χ2n) is 20.0. The molecule has 0 bridgehead atoms. The molecule has 0 unspecified atom stereocenters. The van der Waals surface area contributed by atoms with Crippen LogP contribution >= 0.6 is 11.3 Å². The summed E-state index contributed by atoms with van der Waals surface area (Å²) in [5.41, 5.74) is 17.2. The molecule has 1 aromatic heterocycles. The molecule has 0 aliphatic heterocycles. The van der Waals surface area contributed by atoms with Crippen molar-refractivity contribution in [1.82, 2.24) is 0 Å². The summed E-state index contributed by atoms with van der Waals surface area (Å²) in [4.78, 5) is 0. The lowest BCUT2D eigenvalue weighted by Crippen LogP contribution is -2.16. The lowest BCUT2D eigenvalue weighted by molar-refractivity contribution is 0.569. The van der Waals surface area contributed by atoms with Crippen LogP contribution in [0.2, 0.25) is 0 Å². The Bertz CT molecular complexity index is 3060. The number of aryl methyl sites for hydroxylation is 2. The van der Waals surface area contributed by atoms with Crippen LogP contribution in [-0.4, -0.2) is 0 Å². The van der Waals surface area contributed by atoms with Crippen molar-refractivity contribution in [2.45, 2.75) is 92.4 Å². The van der Waals surface area contributed by atoms with E-state index in [9.17, 15) is 0 Å². The average molecular weight is 785 g/mol. The van der Waals surface area contributed by atoms with Crippen molar-refractivity contribution in [1.29, 1.82) is 0 Å². The van der Waals surface area contributed by atoms with Gasteiger partial charge in [-0.05, 0) is 166 Å². The Morgan fingerprint density at radius 2 is 0.661 bits per heavy atom. The molecule has 0 amide bonds. The zero-order valence-corrected chi connectivity index (χ0v) is 37.5. The van der Waals surface area contributed by atoms with Gasteiger partial charge in [0.2, 0.25) is 0 Å². The Morgan fingerprint density at radius 3 is 1.12 bits per heavy atom. The Balaban J connectivity index is 1.08. The largest absolute Gasteiger partial charge is 0.135 e. The molecule has 0 atom stereocenters. The van der Waals surface area contributed by atoms with Gasteiger partial charge in [0.1, 0.15) is 0 Å². The third-order valence-electron chi connectivity index (χ3n) is 12.7. The highest BCUT2D eigenvalue weighted by atomic mass is 32.1. The van der Waals surface area contributed by atoms with Crippen LogP contribution in [0.25, 0.3) is 86.2 Å². The van der Waals surface area contributed by atoms with E-state index >= 15 is 0 Å². The van der Waals surface area contributed by atoms with Crippen molar-refractivity contribution in [3.05, 3.63) is 167 Å². The Kier molecular flexibility index (Phi) is 9.29. The number of rotatable bonds is 4. The minimum absolute atomic E-state index is 0.0714. The van der Waals surface area contributed by atoms with Crippen molar-refractivity contribution in [3.63, 3.8) is 0 Å². The third kappa shape index (κ3) is 7.19. The molecule has 0 saturated carbocycles. The predicted molar refractivity (Wildman–Crippen MR) is 262 cm³/mol. The first-order valence-corrected chi connectivity index (χ1v) is 22.1. The van der Waals surface area contributed by atoms with E-state index in [2.05, 4.69) is 216 Å². The van der Waals surface area contributed by atoms with Crippen LogP contribution in [0.5, 0.6) is 0 Å². The van der Waals surface area contributed by atoms with Gasteiger partial charge >= 0.3 is 0 Å². The first-order chi connectivity index (χ1) is 27.9. The monoisotopic (exact) mass is 784 g/mol. The normalized spacial score (nSPS) is 12.7. The Morgan fingerprint density at radius 1 is 0.288 bits per heavy atom. The van der Waals surface area contributed by atoms with E-state index in [1.54, 1.807) is 0 Å². The second-order valence-corrected chi connectivity index (χ2v) is 21.1. The van der Waals surface area contributed by atoms with Crippen molar-refractivity contribution < 1.29 is 0 Å². The number of benzene rings is 8. The fourth-order valence-corrected chi connectivity index (χ4v) is 9.92. The molecule has 59 heavy (non-hydrogen) atoms. The van der Waals surface area contributed by atoms with E-state index in [0.717, 1.165) is 0 Å². The molecule has 0 saturated heterocycles. The van der Waals surface area contributed by atoms with Crippen molar-refractivity contribution in [3.8, 4) is 44.5 Å². The van der Waals surface area contributed by atoms with Gasteiger partial charge in [-0.3, -0.25) is 0 Å². The summed E-state index contributed by atoms with van der Waals surface area (Å²) in [6.45, 7) is 25.3. The zero-order valence-electron chi connectivity index (χ0n) is 36.7. The molecular formula is C58H56S. The van der Waals surface area contributed by atoms with Crippen LogP contribution < -0.4 is 0 Å². The maximum absolute atomic E-state index is 2.42. The molecule has 0 radical (unpaired) electrons. The van der Waals surface area contributed by atoms with Gasteiger partial charge in [-0.1, -0.05) is 159 Å². The molecule has 1 heterocycles. The highest BCUT2D eigenvalue weighted by molar-refractivity contribution is 7.25. The predicted octanol–water partition coefficient (Wildman–Crippen LogP) is 17.5. The lowest BCUT2D eigenvalue weighted by atomic mass is 9.79. The molecule has 0 spiro atoms. The van der Waals surface area contributed by atoms with Crippen molar-refractivity contribution in [2.75, 3.05) is 0 Å². The summed E-state index contributed by atoms with van der Waals surface area (Å²) in [6.07, 6.45) is 0. The molecule has 294 valence electrons. The average Bonchev–Trinajstić information content (AvgIpc) is 3.58. The first kappa shape index (κ1) is 39.0. The van der Waals surface area contributed by atoms with Gasteiger partial charge < -0.3 is 0 Å². The van der Waals surface area contributed by atoms with Crippen LogP contribution in [0, 0.1) is 13.8 Å². The first-order valence-electron chi connectivity index (χ1n) is 21.2. The third-order valence-corrected chi connectivity index (χ3v) is 13.9.